The Morgan fingerprint density at radius 2 is 1.41 bits per heavy atom. The quantitative estimate of drug-likeness (QED) is 0.713. The normalized spacial score (nSPS) is 11.3. The van der Waals surface area contributed by atoms with Gasteiger partial charge in [0.25, 0.3) is 0 Å². The molecule has 0 bridgehead atoms. The average Bonchev–Trinajstić information content (AvgIpc) is 2.26. The summed E-state index contributed by atoms with van der Waals surface area (Å²) in [4.78, 5) is 0. The number of halogens is 1. The summed E-state index contributed by atoms with van der Waals surface area (Å²) < 4.78 is 12.8. The molecule has 0 heterocycles. The molecule has 2 aromatic rings. The van der Waals surface area contributed by atoms with Gasteiger partial charge in [0.15, 0.2) is 0 Å². The zero-order valence-corrected chi connectivity index (χ0v) is 11.3. The van der Waals surface area contributed by atoms with Crippen LogP contribution in [0.25, 0.3) is 0 Å². The molecule has 88 valence electrons. The predicted octanol–water partition coefficient (Wildman–Crippen LogP) is 3.38. The van der Waals surface area contributed by atoms with Crippen LogP contribution in [-0.4, -0.2) is 0 Å². The molecule has 0 aliphatic heterocycles. The van der Waals surface area contributed by atoms with Gasteiger partial charge in [-0.1, -0.05) is 38.4 Å². The molecule has 0 radical (unpaired) electrons. The Hall–Kier alpha value is -1.20. The summed E-state index contributed by atoms with van der Waals surface area (Å²) in [7, 11) is 0.600. The summed E-state index contributed by atoms with van der Waals surface area (Å²) >= 11 is 0. The van der Waals surface area contributed by atoms with Gasteiger partial charge in [0, 0.05) is 0 Å². The van der Waals surface area contributed by atoms with E-state index in [1.54, 1.807) is 0 Å². The Labute approximate surface area is 104 Å². The molecule has 0 saturated carbocycles. The second-order valence-corrected chi connectivity index (χ2v) is 5.73. The highest BCUT2D eigenvalue weighted by atomic mass is 31.1. The van der Waals surface area contributed by atoms with E-state index < -0.39 is 0 Å². The molecular formula is C15H16FP. The number of benzene rings is 2. The van der Waals surface area contributed by atoms with Crippen molar-refractivity contribution in [1.29, 1.82) is 0 Å². The Kier molecular flexibility index (Phi) is 3.59. The molecule has 2 heteroatoms. The first-order chi connectivity index (χ1) is 8.06. The maximum atomic E-state index is 12.8. The molecule has 1 unspecified atom stereocenters. The zero-order valence-electron chi connectivity index (χ0n) is 10.3. The second kappa shape index (κ2) is 4.98. The van der Waals surface area contributed by atoms with E-state index in [4.69, 9.17) is 0 Å². The molecule has 0 amide bonds. The Morgan fingerprint density at radius 1 is 0.882 bits per heavy atom. The molecule has 0 N–H and O–H groups in total. The topological polar surface area (TPSA) is 0 Å². The van der Waals surface area contributed by atoms with Crippen LogP contribution < -0.4 is 10.6 Å². The van der Waals surface area contributed by atoms with Gasteiger partial charge in [-0.05, 0) is 54.6 Å². The minimum absolute atomic E-state index is 0.170. The van der Waals surface area contributed by atoms with Crippen molar-refractivity contribution in [2.24, 2.45) is 0 Å². The number of hydrogen-bond donors (Lipinski definition) is 0. The van der Waals surface area contributed by atoms with Gasteiger partial charge < -0.3 is 0 Å². The van der Waals surface area contributed by atoms with E-state index in [1.807, 2.05) is 12.1 Å². The molecule has 0 aliphatic carbocycles. The Balaban J connectivity index is 2.33. The maximum absolute atomic E-state index is 12.8. The molecule has 0 spiro atoms. The van der Waals surface area contributed by atoms with Gasteiger partial charge in [-0.2, -0.15) is 0 Å². The summed E-state index contributed by atoms with van der Waals surface area (Å²) in [5, 5.41) is 2.56. The van der Waals surface area contributed by atoms with Crippen LogP contribution in [0.5, 0.6) is 0 Å². The lowest BCUT2D eigenvalue weighted by molar-refractivity contribution is 0.628. The third kappa shape index (κ3) is 2.92. The SMILES string of the molecule is Cc1cc(C)c(Pc2ccc(F)cc2)c(C)c1. The highest BCUT2D eigenvalue weighted by Crippen LogP contribution is 2.18. The van der Waals surface area contributed by atoms with Gasteiger partial charge in [-0.15, -0.1) is 0 Å². The summed E-state index contributed by atoms with van der Waals surface area (Å²) in [6.07, 6.45) is 0. The van der Waals surface area contributed by atoms with Crippen molar-refractivity contribution in [1.82, 2.24) is 0 Å². The third-order valence-corrected chi connectivity index (χ3v) is 4.45. The predicted molar refractivity (Wildman–Crippen MR) is 74.6 cm³/mol. The molecule has 0 saturated heterocycles. The van der Waals surface area contributed by atoms with Crippen molar-refractivity contribution in [3.05, 3.63) is 58.9 Å². The van der Waals surface area contributed by atoms with Crippen LogP contribution >= 0.6 is 8.58 Å². The molecule has 2 rings (SSSR count). The number of hydrogen-bond acceptors (Lipinski definition) is 0. The summed E-state index contributed by atoms with van der Waals surface area (Å²) in [6, 6.07) is 11.2. The average molecular weight is 246 g/mol. The van der Waals surface area contributed by atoms with E-state index in [9.17, 15) is 4.39 Å². The van der Waals surface area contributed by atoms with E-state index >= 15 is 0 Å². The minimum atomic E-state index is -0.170. The second-order valence-electron chi connectivity index (χ2n) is 4.41. The lowest BCUT2D eigenvalue weighted by atomic mass is 10.1. The monoisotopic (exact) mass is 246 g/mol. The van der Waals surface area contributed by atoms with E-state index in [2.05, 4.69) is 32.9 Å². The molecule has 0 aromatic heterocycles. The molecule has 1 atom stereocenters. The first kappa shape index (κ1) is 12.3. The largest absolute Gasteiger partial charge is 0.207 e. The van der Waals surface area contributed by atoms with Gasteiger partial charge in [-0.25, -0.2) is 4.39 Å². The van der Waals surface area contributed by atoms with Crippen molar-refractivity contribution in [3.8, 4) is 0 Å². The van der Waals surface area contributed by atoms with Gasteiger partial charge in [0.1, 0.15) is 5.82 Å². The highest BCUT2D eigenvalue weighted by Gasteiger charge is 2.05. The Morgan fingerprint density at radius 3 is 1.94 bits per heavy atom. The summed E-state index contributed by atoms with van der Waals surface area (Å²) in [5.74, 6) is -0.170. The van der Waals surface area contributed by atoms with Gasteiger partial charge in [-0.3, -0.25) is 0 Å². The van der Waals surface area contributed by atoms with Crippen LogP contribution in [0.15, 0.2) is 36.4 Å². The smallest absolute Gasteiger partial charge is 0.123 e. The van der Waals surface area contributed by atoms with E-state index in [0.717, 1.165) is 0 Å². The fraction of sp³-hybridized carbons (Fsp3) is 0.200. The minimum Gasteiger partial charge on any atom is -0.207 e. The lowest BCUT2D eigenvalue weighted by Gasteiger charge is -2.11. The standard InChI is InChI=1S/C15H16FP/c1-10-8-11(2)15(12(3)9-10)17-14-6-4-13(16)5-7-14/h4-9,17H,1-3H3. The number of aryl methyl sites for hydroxylation is 3. The van der Waals surface area contributed by atoms with Crippen LogP contribution in [-0.2, 0) is 0 Å². The molecule has 0 fully saturated rings. The lowest BCUT2D eigenvalue weighted by Crippen LogP contribution is -2.10. The van der Waals surface area contributed by atoms with Gasteiger partial charge >= 0.3 is 0 Å². The van der Waals surface area contributed by atoms with E-state index in [1.165, 1.54) is 39.4 Å². The molecule has 0 aliphatic rings. The summed E-state index contributed by atoms with van der Waals surface area (Å²) in [6.45, 7) is 6.41. The van der Waals surface area contributed by atoms with E-state index in [0.29, 0.717) is 8.58 Å². The maximum Gasteiger partial charge on any atom is 0.123 e. The summed E-state index contributed by atoms with van der Waals surface area (Å²) in [5.41, 5.74) is 3.95. The van der Waals surface area contributed by atoms with Crippen molar-refractivity contribution in [3.63, 3.8) is 0 Å². The van der Waals surface area contributed by atoms with Gasteiger partial charge in [0.05, 0.1) is 0 Å². The number of rotatable bonds is 2. The fourth-order valence-corrected chi connectivity index (χ4v) is 3.22. The molecule has 17 heavy (non-hydrogen) atoms. The Bertz CT molecular complexity index is 506. The van der Waals surface area contributed by atoms with Crippen LogP contribution in [0, 0.1) is 26.6 Å². The fourth-order valence-electron chi connectivity index (χ4n) is 2.05. The van der Waals surface area contributed by atoms with Crippen molar-refractivity contribution in [2.75, 3.05) is 0 Å². The van der Waals surface area contributed by atoms with E-state index in [-0.39, 0.29) is 5.82 Å². The van der Waals surface area contributed by atoms with Crippen LogP contribution in [0.1, 0.15) is 16.7 Å². The van der Waals surface area contributed by atoms with Crippen LogP contribution in [0.2, 0.25) is 0 Å². The van der Waals surface area contributed by atoms with Crippen molar-refractivity contribution >= 4 is 19.2 Å². The highest BCUT2D eigenvalue weighted by molar-refractivity contribution is 7.55. The first-order valence-electron chi connectivity index (χ1n) is 5.67. The van der Waals surface area contributed by atoms with Crippen molar-refractivity contribution in [2.45, 2.75) is 20.8 Å². The van der Waals surface area contributed by atoms with Crippen molar-refractivity contribution < 1.29 is 4.39 Å². The molecule has 0 nitrogen and oxygen atoms in total. The molecular weight excluding hydrogens is 230 g/mol. The van der Waals surface area contributed by atoms with Gasteiger partial charge in [0.2, 0.25) is 0 Å². The third-order valence-electron chi connectivity index (χ3n) is 2.79. The first-order valence-corrected chi connectivity index (χ1v) is 6.67. The molecule has 2 aromatic carbocycles. The zero-order chi connectivity index (χ0) is 12.4. The van der Waals surface area contributed by atoms with Crippen LogP contribution in [0.3, 0.4) is 0 Å². The van der Waals surface area contributed by atoms with Crippen LogP contribution in [0.4, 0.5) is 4.39 Å².